The number of aryl methyl sites for hydroxylation is 1. The van der Waals surface area contributed by atoms with E-state index in [-0.39, 0.29) is 77.9 Å². The van der Waals surface area contributed by atoms with Crippen LogP contribution in [0.5, 0.6) is 0 Å². The van der Waals surface area contributed by atoms with E-state index in [9.17, 15) is 23.1 Å². The summed E-state index contributed by atoms with van der Waals surface area (Å²) in [6, 6.07) is 14.6. The zero-order valence-corrected chi connectivity index (χ0v) is 25.6. The molecular weight excluding hydrogens is 533 g/mol. The number of carbonyl (C=O) groups excluding carboxylic acids is 1. The number of carboxylic acids is 1. The molecule has 190 valence electrons. The van der Waals surface area contributed by atoms with Crippen LogP contribution in [-0.4, -0.2) is 35.6 Å². The number of rotatable bonds is 8. The van der Waals surface area contributed by atoms with Crippen LogP contribution in [0.25, 0.3) is 28.0 Å². The first-order chi connectivity index (χ1) is 17.8. The maximum Gasteiger partial charge on any atom is 1.00 e. The van der Waals surface area contributed by atoms with E-state index in [1.54, 1.807) is 12.1 Å². The molecule has 3 aromatic heterocycles. The molecule has 0 spiro atoms. The van der Waals surface area contributed by atoms with Crippen LogP contribution in [0.4, 0.5) is 13.2 Å². The summed E-state index contributed by atoms with van der Waals surface area (Å²) in [5.74, 6) is -1.51. The van der Waals surface area contributed by atoms with Crippen molar-refractivity contribution in [3.8, 4) is 17.1 Å². The summed E-state index contributed by atoms with van der Waals surface area (Å²) in [5.41, 5.74) is 0.445. The molecule has 0 unspecified atom stereocenters. The minimum Gasteiger partial charge on any atom is -0.543 e. The standard InChI is InChI=1S/C25H22F3N7O2.2Na/c1-2-3-11-20-29-22(25(26,27)28)21(24(36)37)35(20)14-15-7-6-10-18-16(15)12-13-34(18)19-9-5-4-8-17(19)23-30-32-33-31-23;;/h4-10,12-13H,2-3,11,14H2,1H3,(H2,30,31,32,33,36,37);;/q;2*+1/p-2. The Morgan fingerprint density at radius 2 is 1.85 bits per heavy atom. The minimum atomic E-state index is -4.92. The maximum absolute atomic E-state index is 13.7. The van der Waals surface area contributed by atoms with Crippen LogP contribution in [0.3, 0.4) is 0 Å². The van der Waals surface area contributed by atoms with Crippen molar-refractivity contribution in [2.75, 3.05) is 0 Å². The number of unbranched alkanes of at least 4 members (excludes halogenated alkanes) is 1. The Morgan fingerprint density at radius 1 is 1.08 bits per heavy atom. The van der Waals surface area contributed by atoms with Gasteiger partial charge in [0.25, 0.3) is 0 Å². The van der Waals surface area contributed by atoms with E-state index in [1.807, 2.05) is 54.1 Å². The smallest absolute Gasteiger partial charge is 0.543 e. The van der Waals surface area contributed by atoms with Gasteiger partial charge < -0.3 is 24.1 Å². The average molecular weight is 553 g/mol. The number of halogens is 3. The third kappa shape index (κ3) is 6.16. The summed E-state index contributed by atoms with van der Waals surface area (Å²) in [5, 5.41) is 27.6. The summed E-state index contributed by atoms with van der Waals surface area (Å²) < 4.78 is 44.0. The zero-order valence-electron chi connectivity index (χ0n) is 21.6. The number of carboxylic acid groups (broad SMARTS) is 1. The SMILES string of the molecule is CCCCc1nc(C(F)(F)F)c(C(=O)[O-])n1Cc1cccc2c1ccn2-c1ccccc1-c1nnn[n-]1.[Na+].[Na+]. The van der Waals surface area contributed by atoms with Gasteiger partial charge in [-0.25, -0.2) is 4.98 Å². The molecule has 0 aliphatic heterocycles. The zero-order chi connectivity index (χ0) is 26.2. The number of aromatic nitrogens is 7. The molecule has 0 aliphatic carbocycles. The number of nitrogens with zero attached hydrogens (tertiary/aromatic N) is 7. The third-order valence-electron chi connectivity index (χ3n) is 6.14. The molecule has 0 atom stereocenters. The number of imidazole rings is 1. The first-order valence-electron chi connectivity index (χ1n) is 11.5. The van der Waals surface area contributed by atoms with E-state index < -0.39 is 23.5 Å². The van der Waals surface area contributed by atoms with Crippen LogP contribution in [0.2, 0.25) is 0 Å². The van der Waals surface area contributed by atoms with Gasteiger partial charge in [-0.1, -0.05) is 43.7 Å². The molecule has 3 heterocycles. The summed E-state index contributed by atoms with van der Waals surface area (Å²) in [6.07, 6.45) is -1.62. The summed E-state index contributed by atoms with van der Waals surface area (Å²) in [6.45, 7) is 1.78. The number of alkyl halides is 3. The van der Waals surface area contributed by atoms with Gasteiger partial charge in [-0.15, -0.1) is 0 Å². The van der Waals surface area contributed by atoms with E-state index >= 15 is 0 Å². The Bertz CT molecular complexity index is 1580. The molecule has 0 aliphatic rings. The fourth-order valence-corrected chi connectivity index (χ4v) is 4.47. The molecule has 0 bridgehead atoms. The second-order valence-electron chi connectivity index (χ2n) is 8.46. The van der Waals surface area contributed by atoms with Crippen molar-refractivity contribution in [3.63, 3.8) is 0 Å². The number of tetrazole rings is 1. The van der Waals surface area contributed by atoms with Gasteiger partial charge in [0, 0.05) is 29.4 Å². The second kappa shape index (κ2) is 12.8. The third-order valence-corrected chi connectivity index (χ3v) is 6.14. The maximum atomic E-state index is 13.7. The molecule has 2 aromatic carbocycles. The Labute approximate surface area is 265 Å². The van der Waals surface area contributed by atoms with Crippen LogP contribution in [0, 0.1) is 0 Å². The van der Waals surface area contributed by atoms with Crippen LogP contribution in [0.1, 0.15) is 47.3 Å². The molecule has 0 saturated heterocycles. The first kappa shape index (κ1) is 31.1. The van der Waals surface area contributed by atoms with Crippen molar-refractivity contribution in [1.29, 1.82) is 0 Å². The van der Waals surface area contributed by atoms with Gasteiger partial charge in [0.05, 0.1) is 29.4 Å². The van der Waals surface area contributed by atoms with Crippen LogP contribution >= 0.6 is 0 Å². The monoisotopic (exact) mass is 553 g/mol. The molecule has 14 heteroatoms. The Kier molecular flexibility index (Phi) is 10.2. The predicted octanol–water partition coefficient (Wildman–Crippen LogP) is -2.58. The van der Waals surface area contributed by atoms with Crippen LogP contribution in [-0.2, 0) is 19.1 Å². The van der Waals surface area contributed by atoms with Crippen LogP contribution < -0.4 is 69.3 Å². The van der Waals surface area contributed by atoms with Crippen molar-refractivity contribution in [2.24, 2.45) is 0 Å². The summed E-state index contributed by atoms with van der Waals surface area (Å²) in [7, 11) is 0. The van der Waals surface area contributed by atoms with Crippen molar-refractivity contribution < 1.29 is 82.2 Å². The number of hydrogen-bond donors (Lipinski definition) is 0. The molecule has 0 amide bonds. The average Bonchev–Trinajstić information content (AvgIpc) is 3.61. The number of carbonyl (C=O) groups is 1. The molecule has 0 fully saturated rings. The fourth-order valence-electron chi connectivity index (χ4n) is 4.47. The number of hydrogen-bond acceptors (Lipinski definition) is 6. The van der Waals surface area contributed by atoms with E-state index in [0.717, 1.165) is 21.2 Å². The van der Waals surface area contributed by atoms with Gasteiger partial charge in [-0.05, 0) is 30.2 Å². The molecular formula is C25H20F3N7Na2O2. The first-order valence-corrected chi connectivity index (χ1v) is 11.5. The topological polar surface area (TPSA) is 116 Å². The predicted molar refractivity (Wildman–Crippen MR) is 125 cm³/mol. The molecule has 9 nitrogen and oxygen atoms in total. The minimum absolute atomic E-state index is 0. The number of para-hydroxylation sites is 1. The Hall–Kier alpha value is -2.48. The molecule has 0 radical (unpaired) electrons. The quantitative estimate of drug-likeness (QED) is 0.194. The largest absolute Gasteiger partial charge is 1.00 e. The molecule has 0 saturated carbocycles. The van der Waals surface area contributed by atoms with E-state index in [1.165, 1.54) is 0 Å². The Morgan fingerprint density at radius 3 is 2.51 bits per heavy atom. The van der Waals surface area contributed by atoms with Crippen molar-refractivity contribution in [2.45, 2.75) is 38.9 Å². The van der Waals surface area contributed by atoms with Gasteiger partial charge in [-0.3, -0.25) is 10.3 Å². The fraction of sp³-hybridized carbons (Fsp3) is 0.240. The number of aromatic carboxylic acids is 1. The van der Waals surface area contributed by atoms with E-state index in [0.29, 0.717) is 29.8 Å². The summed E-state index contributed by atoms with van der Waals surface area (Å²) in [4.78, 5) is 15.6. The van der Waals surface area contributed by atoms with E-state index in [4.69, 9.17) is 0 Å². The van der Waals surface area contributed by atoms with Gasteiger partial charge in [0.2, 0.25) is 0 Å². The number of benzene rings is 2. The van der Waals surface area contributed by atoms with Crippen molar-refractivity contribution >= 4 is 16.9 Å². The molecule has 5 aromatic rings. The second-order valence-corrected chi connectivity index (χ2v) is 8.46. The molecule has 5 rings (SSSR count). The van der Waals surface area contributed by atoms with E-state index in [2.05, 4.69) is 25.6 Å². The van der Waals surface area contributed by atoms with Crippen LogP contribution in [0.15, 0.2) is 54.7 Å². The normalized spacial score (nSPS) is 11.3. The number of fused-ring (bicyclic) bond motifs is 1. The van der Waals surface area contributed by atoms with Gasteiger partial charge >= 0.3 is 65.3 Å². The van der Waals surface area contributed by atoms with Crippen molar-refractivity contribution in [1.82, 2.24) is 34.7 Å². The van der Waals surface area contributed by atoms with Gasteiger partial charge in [0.1, 0.15) is 5.82 Å². The van der Waals surface area contributed by atoms with Gasteiger partial charge in [-0.2, -0.15) is 18.4 Å². The van der Waals surface area contributed by atoms with Crippen molar-refractivity contribution in [3.05, 3.63) is 77.5 Å². The molecule has 39 heavy (non-hydrogen) atoms. The van der Waals surface area contributed by atoms with Gasteiger partial charge in [0.15, 0.2) is 5.69 Å². The summed E-state index contributed by atoms with van der Waals surface area (Å²) >= 11 is 0. The molecule has 0 N–H and O–H groups in total. The Balaban J connectivity index is 0.00000210.